The number of nitro groups is 1. The molecule has 13 heteroatoms. The van der Waals surface area contributed by atoms with Crippen molar-refractivity contribution in [2.45, 2.75) is 13.1 Å². The predicted octanol–water partition coefficient (Wildman–Crippen LogP) is 5.29. The van der Waals surface area contributed by atoms with Crippen molar-refractivity contribution >= 4 is 40.1 Å². The molecule has 0 aliphatic heterocycles. The number of nitro benzene ring substituents is 1. The molecule has 1 N–H and O–H groups in total. The Kier molecular flexibility index (Phi) is 7.62. The number of amides is 2. The van der Waals surface area contributed by atoms with E-state index in [9.17, 15) is 28.1 Å². The number of pyridine rings is 1. The Morgan fingerprint density at radius 2 is 2.10 bits per heavy atom. The van der Waals surface area contributed by atoms with Crippen molar-refractivity contribution in [2.24, 2.45) is 4.99 Å². The van der Waals surface area contributed by atoms with Crippen LogP contribution in [0.15, 0.2) is 35.5 Å². The average Bonchev–Trinajstić information content (AvgIpc) is 2.66. The summed E-state index contributed by atoms with van der Waals surface area (Å²) < 4.78 is 43.6. The first-order valence-electron chi connectivity index (χ1n) is 8.16. The van der Waals surface area contributed by atoms with Crippen LogP contribution >= 0.6 is 23.4 Å². The van der Waals surface area contributed by atoms with Gasteiger partial charge in [-0.2, -0.15) is 18.2 Å². The second-order valence-corrected chi connectivity index (χ2v) is 6.71. The molecule has 1 heterocycles. The van der Waals surface area contributed by atoms with Crippen LogP contribution in [-0.2, 0) is 6.18 Å². The highest BCUT2D eigenvalue weighted by molar-refractivity contribution is 8.13. The predicted molar refractivity (Wildman–Crippen MR) is 107 cm³/mol. The van der Waals surface area contributed by atoms with Gasteiger partial charge in [0.1, 0.15) is 15.8 Å². The Morgan fingerprint density at radius 1 is 1.40 bits per heavy atom. The van der Waals surface area contributed by atoms with E-state index in [-0.39, 0.29) is 27.9 Å². The third-order valence-electron chi connectivity index (χ3n) is 3.47. The molecular formula is C17H14ClF3N4O4S. The largest absolute Gasteiger partial charge is 0.438 e. The van der Waals surface area contributed by atoms with Gasteiger partial charge in [-0.3, -0.25) is 10.1 Å². The van der Waals surface area contributed by atoms with E-state index in [1.54, 1.807) is 13.2 Å². The van der Waals surface area contributed by atoms with E-state index in [0.29, 0.717) is 18.8 Å². The molecule has 2 rings (SSSR count). The van der Waals surface area contributed by atoms with Crippen molar-refractivity contribution in [3.8, 4) is 11.6 Å². The van der Waals surface area contributed by atoms with Crippen LogP contribution in [0.4, 0.5) is 23.7 Å². The number of aromatic nitrogens is 1. The van der Waals surface area contributed by atoms with Gasteiger partial charge in [-0.15, -0.1) is 11.8 Å². The van der Waals surface area contributed by atoms with Gasteiger partial charge in [0, 0.05) is 18.8 Å². The second kappa shape index (κ2) is 9.76. The van der Waals surface area contributed by atoms with Crippen molar-refractivity contribution in [1.29, 1.82) is 0 Å². The number of alkyl halides is 3. The highest BCUT2D eigenvalue weighted by Crippen LogP contribution is 2.36. The lowest BCUT2D eigenvalue weighted by atomic mass is 10.2. The van der Waals surface area contributed by atoms with Gasteiger partial charge in [-0.1, -0.05) is 11.6 Å². The number of rotatable bonds is 5. The average molecular weight is 463 g/mol. The molecular weight excluding hydrogens is 449 g/mol. The summed E-state index contributed by atoms with van der Waals surface area (Å²) in [4.78, 5) is 29.8. The highest BCUT2D eigenvalue weighted by atomic mass is 35.5. The van der Waals surface area contributed by atoms with Crippen LogP contribution in [0.25, 0.3) is 0 Å². The van der Waals surface area contributed by atoms with Crippen LogP contribution in [0.1, 0.15) is 18.1 Å². The molecule has 0 unspecified atom stereocenters. The summed E-state index contributed by atoms with van der Waals surface area (Å²) in [7, 11) is 0. The van der Waals surface area contributed by atoms with E-state index >= 15 is 0 Å². The van der Waals surface area contributed by atoms with Crippen LogP contribution in [0.2, 0.25) is 5.02 Å². The van der Waals surface area contributed by atoms with Crippen LogP contribution in [0.5, 0.6) is 11.6 Å². The molecule has 2 aromatic rings. The van der Waals surface area contributed by atoms with Crippen LogP contribution < -0.4 is 10.1 Å². The third kappa shape index (κ3) is 5.83. The molecule has 1 aromatic carbocycles. The van der Waals surface area contributed by atoms with Crippen molar-refractivity contribution in [2.75, 3.05) is 12.8 Å². The maximum atomic E-state index is 12.7. The fourth-order valence-electron chi connectivity index (χ4n) is 2.18. The van der Waals surface area contributed by atoms with Gasteiger partial charge < -0.3 is 10.1 Å². The third-order valence-corrected chi connectivity index (χ3v) is 4.44. The fraction of sp³-hybridized carbons (Fsp3) is 0.235. The molecule has 0 aliphatic carbocycles. The fourth-order valence-corrected chi connectivity index (χ4v) is 2.94. The Labute approximate surface area is 177 Å². The maximum Gasteiger partial charge on any atom is 0.417 e. The summed E-state index contributed by atoms with van der Waals surface area (Å²) in [6, 6.07) is 3.53. The number of nitrogens with zero attached hydrogens (tertiary/aromatic N) is 3. The minimum Gasteiger partial charge on any atom is -0.438 e. The zero-order chi connectivity index (χ0) is 22.5. The molecule has 2 amide bonds. The molecule has 1 aromatic heterocycles. The number of nitrogens with one attached hydrogen (secondary N) is 1. The minimum absolute atomic E-state index is 0.00223. The Morgan fingerprint density at radius 3 is 2.63 bits per heavy atom. The number of benzene rings is 1. The SMILES string of the molecule is CCNC(=O)N=C(SC)c1cc(Oc2ncc(C(F)(F)F)cc2Cl)ccc1[N+](=O)[O-]. The first-order valence-corrected chi connectivity index (χ1v) is 9.77. The van der Waals surface area contributed by atoms with Gasteiger partial charge in [0.05, 0.1) is 16.1 Å². The molecule has 0 bridgehead atoms. The molecule has 0 saturated heterocycles. The highest BCUT2D eigenvalue weighted by Gasteiger charge is 2.32. The molecule has 0 aliphatic rings. The Hall–Kier alpha value is -2.86. The Bertz CT molecular complexity index is 1000. The number of thioether (sulfide) groups is 1. The first-order chi connectivity index (χ1) is 14.1. The molecule has 0 atom stereocenters. The molecule has 0 radical (unpaired) electrons. The lowest BCUT2D eigenvalue weighted by molar-refractivity contribution is -0.385. The summed E-state index contributed by atoms with van der Waals surface area (Å²) >= 11 is 6.82. The topological polar surface area (TPSA) is 107 Å². The number of carbonyl (C=O) groups is 1. The van der Waals surface area contributed by atoms with Gasteiger partial charge in [-0.25, -0.2) is 9.78 Å². The van der Waals surface area contributed by atoms with Crippen LogP contribution in [-0.4, -0.2) is 33.8 Å². The van der Waals surface area contributed by atoms with Crippen LogP contribution in [0.3, 0.4) is 0 Å². The summed E-state index contributed by atoms with van der Waals surface area (Å²) in [6.07, 6.45) is -2.50. The molecule has 0 fully saturated rings. The number of ether oxygens (including phenoxy) is 1. The van der Waals surface area contributed by atoms with E-state index in [2.05, 4.69) is 15.3 Å². The summed E-state index contributed by atoms with van der Waals surface area (Å²) in [5.74, 6) is -0.321. The van der Waals surface area contributed by atoms with E-state index in [1.165, 1.54) is 12.1 Å². The van der Waals surface area contributed by atoms with Crippen molar-refractivity contribution in [3.63, 3.8) is 0 Å². The molecule has 8 nitrogen and oxygen atoms in total. The molecule has 30 heavy (non-hydrogen) atoms. The number of halogens is 4. The number of hydrogen-bond acceptors (Lipinski definition) is 6. The standard InChI is InChI=1S/C17H14ClF3N4O4S/c1-3-22-16(26)24-15(30-2)11-7-10(4-5-13(11)25(27)28)29-14-12(18)6-9(8-23-14)17(19,20)21/h4-8H,3H2,1-2H3,(H,22,26). The van der Waals surface area contributed by atoms with Gasteiger partial charge in [0.15, 0.2) is 0 Å². The van der Waals surface area contributed by atoms with E-state index < -0.39 is 27.7 Å². The van der Waals surface area contributed by atoms with Gasteiger partial charge in [0.2, 0.25) is 5.88 Å². The number of hydrogen-bond donors (Lipinski definition) is 1. The first kappa shape index (κ1) is 23.4. The summed E-state index contributed by atoms with van der Waals surface area (Å²) in [5, 5.41) is 13.5. The normalized spacial score (nSPS) is 11.9. The zero-order valence-electron chi connectivity index (χ0n) is 15.5. The van der Waals surface area contributed by atoms with E-state index in [4.69, 9.17) is 16.3 Å². The number of urea groups is 1. The monoisotopic (exact) mass is 462 g/mol. The quantitative estimate of drug-likeness (QED) is 0.280. The van der Waals surface area contributed by atoms with E-state index in [0.717, 1.165) is 17.8 Å². The van der Waals surface area contributed by atoms with E-state index in [1.807, 2.05) is 0 Å². The summed E-state index contributed by atoms with van der Waals surface area (Å²) in [5.41, 5.74) is -1.41. The smallest absolute Gasteiger partial charge is 0.417 e. The lowest BCUT2D eigenvalue weighted by Crippen LogP contribution is -2.20. The second-order valence-electron chi connectivity index (χ2n) is 5.50. The van der Waals surface area contributed by atoms with Crippen molar-refractivity contribution in [3.05, 3.63) is 56.7 Å². The zero-order valence-corrected chi connectivity index (χ0v) is 17.1. The van der Waals surface area contributed by atoms with Crippen molar-refractivity contribution in [1.82, 2.24) is 10.3 Å². The molecule has 160 valence electrons. The van der Waals surface area contributed by atoms with Gasteiger partial charge in [-0.05, 0) is 31.4 Å². The van der Waals surface area contributed by atoms with Gasteiger partial charge in [0.25, 0.3) is 5.69 Å². The minimum atomic E-state index is -4.63. The number of carbonyl (C=O) groups excluding carboxylic acids is 1. The van der Waals surface area contributed by atoms with Crippen molar-refractivity contribution < 1.29 is 27.6 Å². The van der Waals surface area contributed by atoms with Gasteiger partial charge >= 0.3 is 12.2 Å². The van der Waals surface area contributed by atoms with Crippen LogP contribution in [0, 0.1) is 10.1 Å². The Balaban J connectivity index is 2.45. The number of aliphatic imine (C=N–C) groups is 1. The summed E-state index contributed by atoms with van der Waals surface area (Å²) in [6.45, 7) is 2.00. The maximum absolute atomic E-state index is 12.7. The lowest BCUT2D eigenvalue weighted by Gasteiger charge is -2.11. The molecule has 0 saturated carbocycles. The molecule has 0 spiro atoms.